The number of rotatable bonds is 5. The first-order valence-electron chi connectivity index (χ1n) is 6.47. The zero-order valence-corrected chi connectivity index (χ0v) is 11.0. The Morgan fingerprint density at radius 2 is 2.00 bits per heavy atom. The van der Waals surface area contributed by atoms with E-state index in [0.29, 0.717) is 5.92 Å². The molecule has 0 saturated carbocycles. The molecule has 0 radical (unpaired) electrons. The maximum Gasteiger partial charge on any atom is 0.258 e. The Balaban J connectivity index is 2.10. The summed E-state index contributed by atoms with van der Waals surface area (Å²) < 4.78 is 1.77. The van der Waals surface area contributed by atoms with Gasteiger partial charge < -0.3 is 9.88 Å². The minimum Gasteiger partial charge on any atom is -0.315 e. The maximum atomic E-state index is 12.2. The third-order valence-electron chi connectivity index (χ3n) is 2.97. The number of hydrogen-bond acceptors (Lipinski definition) is 2. The van der Waals surface area contributed by atoms with Crippen LogP contribution in [0.15, 0.2) is 41.3 Å². The first-order chi connectivity index (χ1) is 8.68. The molecule has 0 unspecified atom stereocenters. The highest BCUT2D eigenvalue weighted by Crippen LogP contribution is 2.07. The summed E-state index contributed by atoms with van der Waals surface area (Å²) in [6.07, 6.45) is 1.88. The minimum atomic E-state index is 0.0967. The molecule has 3 nitrogen and oxygen atoms in total. The van der Waals surface area contributed by atoms with E-state index in [-0.39, 0.29) is 5.56 Å². The Labute approximate surface area is 107 Å². The van der Waals surface area contributed by atoms with Gasteiger partial charge in [-0.1, -0.05) is 32.0 Å². The SMILES string of the molecule is CC(C)CNCCn1ccc2ccccc2c1=O. The Morgan fingerprint density at radius 3 is 2.78 bits per heavy atom. The van der Waals surface area contributed by atoms with Crippen molar-refractivity contribution in [2.45, 2.75) is 20.4 Å². The summed E-state index contributed by atoms with van der Waals surface area (Å²) in [5.74, 6) is 0.637. The van der Waals surface area contributed by atoms with Crippen LogP contribution in [0.3, 0.4) is 0 Å². The van der Waals surface area contributed by atoms with Crippen LogP contribution in [0.25, 0.3) is 10.8 Å². The van der Waals surface area contributed by atoms with Crippen molar-refractivity contribution in [1.29, 1.82) is 0 Å². The lowest BCUT2D eigenvalue weighted by molar-refractivity contribution is 0.521. The van der Waals surface area contributed by atoms with Crippen molar-refractivity contribution in [3.8, 4) is 0 Å². The van der Waals surface area contributed by atoms with E-state index in [4.69, 9.17) is 0 Å². The second-order valence-electron chi connectivity index (χ2n) is 5.00. The van der Waals surface area contributed by atoms with E-state index in [1.165, 1.54) is 0 Å². The molecule has 0 spiro atoms. The minimum absolute atomic E-state index is 0.0967. The topological polar surface area (TPSA) is 34.0 Å². The molecule has 1 aromatic carbocycles. The summed E-state index contributed by atoms with van der Waals surface area (Å²) in [6, 6.07) is 9.72. The normalized spacial score (nSPS) is 11.3. The molecule has 0 atom stereocenters. The van der Waals surface area contributed by atoms with Crippen molar-refractivity contribution >= 4 is 10.8 Å². The van der Waals surface area contributed by atoms with Gasteiger partial charge in [0.2, 0.25) is 0 Å². The third-order valence-corrected chi connectivity index (χ3v) is 2.97. The van der Waals surface area contributed by atoms with Crippen LogP contribution in [0.4, 0.5) is 0 Å². The summed E-state index contributed by atoms with van der Waals surface area (Å²) in [5, 5.41) is 5.15. The van der Waals surface area contributed by atoms with Gasteiger partial charge in [-0.15, -0.1) is 0 Å². The zero-order chi connectivity index (χ0) is 13.0. The average Bonchev–Trinajstić information content (AvgIpc) is 2.37. The van der Waals surface area contributed by atoms with Gasteiger partial charge in [-0.2, -0.15) is 0 Å². The lowest BCUT2D eigenvalue weighted by atomic mass is 10.2. The molecule has 1 heterocycles. The molecular formula is C15H20N2O. The van der Waals surface area contributed by atoms with Gasteiger partial charge in [0.15, 0.2) is 0 Å². The highest BCUT2D eigenvalue weighted by Gasteiger charge is 2.01. The number of aromatic nitrogens is 1. The number of hydrogen-bond donors (Lipinski definition) is 1. The van der Waals surface area contributed by atoms with Gasteiger partial charge >= 0.3 is 0 Å². The van der Waals surface area contributed by atoms with Crippen molar-refractivity contribution in [3.63, 3.8) is 0 Å². The van der Waals surface area contributed by atoms with Gasteiger partial charge in [-0.3, -0.25) is 4.79 Å². The van der Waals surface area contributed by atoms with Crippen molar-refractivity contribution in [2.75, 3.05) is 13.1 Å². The number of benzene rings is 1. The van der Waals surface area contributed by atoms with Crippen LogP contribution in [-0.2, 0) is 6.54 Å². The fourth-order valence-electron chi connectivity index (χ4n) is 2.00. The van der Waals surface area contributed by atoms with E-state index in [1.54, 1.807) is 4.57 Å². The van der Waals surface area contributed by atoms with Crippen LogP contribution in [0.2, 0.25) is 0 Å². The Kier molecular flexibility index (Phi) is 4.15. The van der Waals surface area contributed by atoms with Crippen LogP contribution in [0.1, 0.15) is 13.8 Å². The van der Waals surface area contributed by atoms with Crippen molar-refractivity contribution in [3.05, 3.63) is 46.9 Å². The fraction of sp³-hybridized carbons (Fsp3) is 0.400. The third kappa shape index (κ3) is 2.99. The molecule has 2 aromatic rings. The molecule has 0 aliphatic heterocycles. The van der Waals surface area contributed by atoms with Crippen LogP contribution >= 0.6 is 0 Å². The van der Waals surface area contributed by atoms with Crippen molar-refractivity contribution in [2.24, 2.45) is 5.92 Å². The summed E-state index contributed by atoms with van der Waals surface area (Å²) in [7, 11) is 0. The van der Waals surface area contributed by atoms with Gasteiger partial charge in [0, 0.05) is 24.7 Å². The molecule has 2 rings (SSSR count). The number of fused-ring (bicyclic) bond motifs is 1. The molecule has 18 heavy (non-hydrogen) atoms. The summed E-state index contributed by atoms with van der Waals surface area (Å²) in [4.78, 5) is 12.2. The van der Waals surface area contributed by atoms with Crippen molar-refractivity contribution < 1.29 is 0 Å². The van der Waals surface area contributed by atoms with E-state index >= 15 is 0 Å². The highest BCUT2D eigenvalue weighted by molar-refractivity contribution is 5.81. The van der Waals surface area contributed by atoms with Gasteiger partial charge in [0.05, 0.1) is 0 Å². The second-order valence-corrected chi connectivity index (χ2v) is 5.00. The van der Waals surface area contributed by atoms with E-state index in [2.05, 4.69) is 19.2 Å². The van der Waals surface area contributed by atoms with Gasteiger partial charge in [-0.05, 0) is 30.0 Å². The fourth-order valence-corrected chi connectivity index (χ4v) is 2.00. The molecule has 1 aromatic heterocycles. The quantitative estimate of drug-likeness (QED) is 0.818. The Hall–Kier alpha value is -1.61. The smallest absolute Gasteiger partial charge is 0.258 e. The predicted octanol–water partition coefficient (Wildman–Crippen LogP) is 2.25. The van der Waals surface area contributed by atoms with E-state index in [9.17, 15) is 4.79 Å². The molecule has 0 saturated heterocycles. The lowest BCUT2D eigenvalue weighted by Crippen LogP contribution is -2.28. The molecule has 3 heteroatoms. The largest absolute Gasteiger partial charge is 0.315 e. The Bertz CT molecular complexity index is 572. The van der Waals surface area contributed by atoms with E-state index in [0.717, 1.165) is 30.4 Å². The summed E-state index contributed by atoms with van der Waals surface area (Å²) in [5.41, 5.74) is 0.0967. The number of nitrogens with zero attached hydrogens (tertiary/aromatic N) is 1. The average molecular weight is 244 g/mol. The molecule has 0 aliphatic carbocycles. The summed E-state index contributed by atoms with van der Waals surface area (Å²) in [6.45, 7) is 6.89. The predicted molar refractivity (Wildman–Crippen MR) is 75.9 cm³/mol. The Morgan fingerprint density at radius 1 is 1.22 bits per heavy atom. The van der Waals surface area contributed by atoms with E-state index < -0.39 is 0 Å². The van der Waals surface area contributed by atoms with Gasteiger partial charge in [0.1, 0.15) is 0 Å². The van der Waals surface area contributed by atoms with Crippen LogP contribution < -0.4 is 10.9 Å². The van der Waals surface area contributed by atoms with E-state index in [1.807, 2.05) is 36.5 Å². The molecule has 0 aliphatic rings. The summed E-state index contributed by atoms with van der Waals surface area (Å²) >= 11 is 0. The monoisotopic (exact) mass is 244 g/mol. The van der Waals surface area contributed by atoms with Gasteiger partial charge in [-0.25, -0.2) is 0 Å². The number of pyridine rings is 1. The van der Waals surface area contributed by atoms with Gasteiger partial charge in [0.25, 0.3) is 5.56 Å². The number of nitrogens with one attached hydrogen (secondary N) is 1. The maximum absolute atomic E-state index is 12.2. The van der Waals surface area contributed by atoms with Crippen molar-refractivity contribution in [1.82, 2.24) is 9.88 Å². The molecule has 1 N–H and O–H groups in total. The first-order valence-corrected chi connectivity index (χ1v) is 6.47. The second kappa shape index (κ2) is 5.83. The molecule has 0 fully saturated rings. The molecular weight excluding hydrogens is 224 g/mol. The lowest BCUT2D eigenvalue weighted by Gasteiger charge is -2.09. The van der Waals surface area contributed by atoms with Crippen LogP contribution in [0.5, 0.6) is 0 Å². The van der Waals surface area contributed by atoms with Crippen LogP contribution in [-0.4, -0.2) is 17.7 Å². The molecule has 0 amide bonds. The first kappa shape index (κ1) is 12.8. The molecule has 0 bridgehead atoms. The standard InChI is InChI=1S/C15H20N2O/c1-12(2)11-16-8-10-17-9-7-13-5-3-4-6-14(13)15(17)18/h3-7,9,12,16H,8,10-11H2,1-2H3. The zero-order valence-electron chi connectivity index (χ0n) is 11.0. The molecule has 96 valence electrons. The van der Waals surface area contributed by atoms with Crippen LogP contribution in [0, 0.1) is 5.92 Å². The highest BCUT2D eigenvalue weighted by atomic mass is 16.1.